The van der Waals surface area contributed by atoms with E-state index >= 15 is 4.11 Å². The lowest BCUT2D eigenvalue weighted by Gasteiger charge is -2.31. The molecule has 1 N–H and O–H groups in total. The van der Waals surface area contributed by atoms with Crippen molar-refractivity contribution in [2.45, 2.75) is 69.6 Å². The molecule has 3 amide bonds. The summed E-state index contributed by atoms with van der Waals surface area (Å²) in [7, 11) is -3.52. The summed E-state index contributed by atoms with van der Waals surface area (Å²) in [6.45, 7) is 6.22. The van der Waals surface area contributed by atoms with Crippen LogP contribution < -0.4 is 9.80 Å². The summed E-state index contributed by atoms with van der Waals surface area (Å²) < 4.78 is 23.3. The Balaban J connectivity index is 1.40. The first kappa shape index (κ1) is 32.1. The molecule has 3 aliphatic heterocycles. The molecule has 0 aliphatic carbocycles. The summed E-state index contributed by atoms with van der Waals surface area (Å²) in [4.78, 5) is 46.4. The van der Waals surface area contributed by atoms with Crippen molar-refractivity contribution in [3.05, 3.63) is 95.6 Å². The van der Waals surface area contributed by atoms with E-state index in [-0.39, 0.29) is 37.3 Å². The number of carbonyl (C=O) groups excluding carboxylic acids is 3. The second-order valence-electron chi connectivity index (χ2n) is 13.2. The highest BCUT2D eigenvalue weighted by molar-refractivity contribution is 6.72. The van der Waals surface area contributed by atoms with E-state index in [0.29, 0.717) is 43.0 Å². The third-order valence-corrected chi connectivity index (χ3v) is 12.3. The molecule has 46 heavy (non-hydrogen) atoms. The summed E-state index contributed by atoms with van der Waals surface area (Å²) in [5.41, 5.74) is 1.66. The van der Waals surface area contributed by atoms with Crippen LogP contribution in [0.4, 0.5) is 15.5 Å². The fourth-order valence-corrected chi connectivity index (χ4v) is 10.3. The number of halogens is 1. The van der Waals surface area contributed by atoms with Crippen LogP contribution in [-0.4, -0.2) is 61.9 Å². The minimum absolute atomic E-state index is 0.0286. The van der Waals surface area contributed by atoms with Crippen molar-refractivity contribution < 1.29 is 28.3 Å². The number of benzene rings is 3. The third kappa shape index (κ3) is 5.78. The summed E-state index contributed by atoms with van der Waals surface area (Å²) in [6, 6.07) is 24.8. The van der Waals surface area contributed by atoms with Crippen LogP contribution in [0.5, 0.6) is 0 Å². The Hall–Kier alpha value is -3.86. The number of aliphatic hydroxyl groups excluding tert-OH is 1. The van der Waals surface area contributed by atoms with Crippen LogP contribution in [0.3, 0.4) is 0 Å². The van der Waals surface area contributed by atoms with Gasteiger partial charge in [-0.3, -0.25) is 14.4 Å². The zero-order valence-corrected chi connectivity index (χ0v) is 27.7. The van der Waals surface area contributed by atoms with Crippen molar-refractivity contribution in [2.24, 2.45) is 5.92 Å². The molecule has 1 spiro atoms. The van der Waals surface area contributed by atoms with E-state index < -0.39 is 31.6 Å². The Labute approximate surface area is 270 Å². The molecule has 0 saturated carbocycles. The van der Waals surface area contributed by atoms with Gasteiger partial charge in [0.05, 0.1) is 31.4 Å². The number of fused-ring (bicyclic) bond motifs is 2. The first-order valence-electron chi connectivity index (χ1n) is 16.1. The largest absolute Gasteiger partial charge is 0.395 e. The van der Waals surface area contributed by atoms with Gasteiger partial charge in [0.15, 0.2) is 5.60 Å². The van der Waals surface area contributed by atoms with Crippen LogP contribution in [0.2, 0.25) is 18.6 Å². The van der Waals surface area contributed by atoms with Crippen LogP contribution in [0.25, 0.3) is 0 Å². The second-order valence-corrected chi connectivity index (χ2v) is 17.0. The van der Waals surface area contributed by atoms with Gasteiger partial charge in [0.2, 0.25) is 20.2 Å². The second kappa shape index (κ2) is 12.7. The molecule has 3 aromatic carbocycles. The first-order valence-corrected chi connectivity index (χ1v) is 19.1. The zero-order valence-electron chi connectivity index (χ0n) is 26.7. The predicted octanol–water partition coefficient (Wildman–Crippen LogP) is 5.55. The van der Waals surface area contributed by atoms with E-state index in [1.54, 1.807) is 27.8 Å². The van der Waals surface area contributed by atoms with Crippen molar-refractivity contribution in [2.75, 3.05) is 29.5 Å². The number of hydrogen-bond donors (Lipinski definition) is 1. The SMILES string of the molecule is C[C@H]1[C@H]([Si](C)(C)F)[C@@H](CC(=O)N(CCO)Cc2ccccc2)O[C@]12C(=O)N(Cc1ccccc1)c1ccc(N3CCCC3=O)cc12. The van der Waals surface area contributed by atoms with Crippen LogP contribution in [-0.2, 0) is 37.8 Å². The van der Waals surface area contributed by atoms with Gasteiger partial charge in [0, 0.05) is 48.8 Å². The van der Waals surface area contributed by atoms with E-state index in [4.69, 9.17) is 4.74 Å². The highest BCUT2D eigenvalue weighted by Crippen LogP contribution is 2.60. The highest BCUT2D eigenvalue weighted by Gasteiger charge is 2.67. The Bertz CT molecular complexity index is 1600. The quantitative estimate of drug-likeness (QED) is 0.231. The maximum Gasteiger partial charge on any atom is 0.264 e. The van der Waals surface area contributed by atoms with Gasteiger partial charge in [-0.05, 0) is 48.8 Å². The van der Waals surface area contributed by atoms with Crippen molar-refractivity contribution >= 4 is 37.5 Å². The van der Waals surface area contributed by atoms with Gasteiger partial charge < -0.3 is 28.7 Å². The maximum absolute atomic E-state index is 16.4. The summed E-state index contributed by atoms with van der Waals surface area (Å²) in [6.07, 6.45) is 0.260. The first-order chi connectivity index (χ1) is 22.0. The average Bonchev–Trinajstić information content (AvgIpc) is 3.66. The van der Waals surface area contributed by atoms with Gasteiger partial charge in [0.1, 0.15) is 0 Å². The highest BCUT2D eigenvalue weighted by atomic mass is 28.4. The van der Waals surface area contributed by atoms with E-state index in [1.807, 2.05) is 85.8 Å². The van der Waals surface area contributed by atoms with E-state index in [0.717, 1.165) is 17.5 Å². The van der Waals surface area contributed by atoms with Gasteiger partial charge in [-0.1, -0.05) is 67.6 Å². The van der Waals surface area contributed by atoms with Crippen molar-refractivity contribution in [1.82, 2.24) is 4.90 Å². The lowest BCUT2D eigenvalue weighted by Crippen LogP contribution is -2.45. The number of hydrogen-bond acceptors (Lipinski definition) is 5. The van der Waals surface area contributed by atoms with Crippen molar-refractivity contribution in [3.8, 4) is 0 Å². The van der Waals surface area contributed by atoms with Gasteiger partial charge in [-0.2, -0.15) is 0 Å². The van der Waals surface area contributed by atoms with Crippen molar-refractivity contribution in [1.29, 1.82) is 0 Å². The lowest BCUT2D eigenvalue weighted by molar-refractivity contribution is -0.150. The molecule has 6 rings (SSSR count). The van der Waals surface area contributed by atoms with E-state index in [2.05, 4.69) is 0 Å². The Kier molecular flexibility index (Phi) is 8.88. The molecule has 0 aromatic heterocycles. The third-order valence-electron chi connectivity index (χ3n) is 9.83. The fraction of sp³-hybridized carbons (Fsp3) is 0.417. The molecule has 8 nitrogen and oxygen atoms in total. The molecule has 2 fully saturated rings. The number of anilines is 2. The maximum atomic E-state index is 16.4. The smallest absolute Gasteiger partial charge is 0.264 e. The molecular weight excluding hydrogens is 601 g/mol. The Morgan fingerprint density at radius 3 is 2.33 bits per heavy atom. The van der Waals surface area contributed by atoms with Crippen LogP contribution >= 0.6 is 0 Å². The molecule has 3 aromatic rings. The predicted molar refractivity (Wildman–Crippen MR) is 177 cm³/mol. The molecule has 3 heterocycles. The van der Waals surface area contributed by atoms with Gasteiger partial charge in [0.25, 0.3) is 5.91 Å². The normalized spacial score (nSPS) is 24.2. The topological polar surface area (TPSA) is 90.4 Å². The van der Waals surface area contributed by atoms with Gasteiger partial charge >= 0.3 is 0 Å². The van der Waals surface area contributed by atoms with Crippen LogP contribution in [0, 0.1) is 5.92 Å². The molecule has 10 heteroatoms. The molecular formula is C36H42FN3O5Si. The van der Waals surface area contributed by atoms with Crippen molar-refractivity contribution in [3.63, 3.8) is 0 Å². The molecule has 0 bridgehead atoms. The fourth-order valence-electron chi connectivity index (χ4n) is 7.76. The summed E-state index contributed by atoms with van der Waals surface area (Å²) >= 11 is 0. The molecule has 2 saturated heterocycles. The summed E-state index contributed by atoms with van der Waals surface area (Å²) in [5.74, 6) is -1.09. The lowest BCUT2D eigenvalue weighted by atomic mass is 9.82. The summed E-state index contributed by atoms with van der Waals surface area (Å²) in [5, 5.41) is 9.79. The number of amides is 3. The molecule has 3 aliphatic rings. The van der Waals surface area contributed by atoms with E-state index in [1.165, 1.54) is 0 Å². The molecule has 0 radical (unpaired) electrons. The number of rotatable bonds is 10. The number of carbonyl (C=O) groups is 3. The Morgan fingerprint density at radius 2 is 1.72 bits per heavy atom. The van der Waals surface area contributed by atoms with Gasteiger partial charge in [-0.15, -0.1) is 0 Å². The van der Waals surface area contributed by atoms with Crippen LogP contribution in [0.1, 0.15) is 42.9 Å². The zero-order chi connectivity index (χ0) is 32.6. The molecule has 4 atom stereocenters. The average molecular weight is 644 g/mol. The van der Waals surface area contributed by atoms with Gasteiger partial charge in [-0.25, -0.2) is 0 Å². The number of aliphatic hydroxyl groups is 1. The Morgan fingerprint density at radius 1 is 1.04 bits per heavy atom. The molecule has 242 valence electrons. The number of ether oxygens (including phenoxy) is 1. The standard InChI is InChI=1S/C36H42FN3O5Si/c1-25-34(46(2,3)37)31(22-33(43)38(19-20-41)23-26-11-6-4-7-12-26)45-36(25)29-21-28(39-18-10-15-32(39)42)16-17-30(29)40(35(36)44)24-27-13-8-5-9-14-27/h4-9,11-14,16-17,21,25,31,34,41H,10,15,18-20,22-24H2,1-3H3/t25-,31+,34-,36+/m0/s1. The number of nitrogens with zero attached hydrogens (tertiary/aromatic N) is 3. The minimum Gasteiger partial charge on any atom is -0.395 e. The monoisotopic (exact) mass is 643 g/mol. The van der Waals surface area contributed by atoms with Crippen LogP contribution in [0.15, 0.2) is 78.9 Å². The minimum atomic E-state index is -3.52. The molecule has 0 unspecified atom stereocenters. The van der Waals surface area contributed by atoms with E-state index in [9.17, 15) is 19.5 Å².